The van der Waals surface area contributed by atoms with E-state index in [1.54, 1.807) is 40.4 Å². The van der Waals surface area contributed by atoms with E-state index in [9.17, 15) is 13.2 Å². The number of aromatic nitrogens is 4. The molecular weight excluding hydrogens is 411 g/mol. The van der Waals surface area contributed by atoms with Crippen LogP contribution in [0, 0.1) is 0 Å². The fraction of sp³-hybridized carbons (Fsp3) is 0.286. The van der Waals surface area contributed by atoms with Gasteiger partial charge in [0.15, 0.2) is 0 Å². The molecule has 4 heterocycles. The molecular formula is C21H18F3N5S. The highest BCUT2D eigenvalue weighted by molar-refractivity contribution is 7.20. The van der Waals surface area contributed by atoms with Gasteiger partial charge in [0.25, 0.3) is 0 Å². The molecule has 0 unspecified atom stereocenters. The molecule has 1 aliphatic heterocycles. The van der Waals surface area contributed by atoms with E-state index in [1.165, 1.54) is 12.1 Å². The lowest BCUT2D eigenvalue weighted by Crippen LogP contribution is -2.32. The van der Waals surface area contributed by atoms with Gasteiger partial charge in [-0.3, -0.25) is 4.98 Å². The van der Waals surface area contributed by atoms with Crippen LogP contribution in [-0.2, 0) is 6.18 Å². The summed E-state index contributed by atoms with van der Waals surface area (Å²) in [6, 6.07) is 9.42. The number of rotatable bonds is 3. The number of piperidine rings is 1. The molecule has 0 N–H and O–H groups in total. The molecule has 0 saturated carbocycles. The molecule has 1 saturated heterocycles. The van der Waals surface area contributed by atoms with Gasteiger partial charge in [0.1, 0.15) is 0 Å². The monoisotopic (exact) mass is 429 g/mol. The van der Waals surface area contributed by atoms with E-state index in [0.29, 0.717) is 0 Å². The second-order valence-corrected chi connectivity index (χ2v) is 8.30. The van der Waals surface area contributed by atoms with Crippen LogP contribution in [0.1, 0.15) is 29.9 Å². The van der Waals surface area contributed by atoms with Gasteiger partial charge in [-0.05, 0) is 48.6 Å². The zero-order chi connectivity index (χ0) is 20.7. The maximum atomic E-state index is 12.8. The predicted octanol–water partition coefficient (Wildman–Crippen LogP) is 5.26. The van der Waals surface area contributed by atoms with Gasteiger partial charge >= 0.3 is 6.18 Å². The molecule has 0 atom stereocenters. The highest BCUT2D eigenvalue weighted by Crippen LogP contribution is 2.35. The van der Waals surface area contributed by atoms with E-state index in [2.05, 4.69) is 20.0 Å². The minimum atomic E-state index is -4.29. The molecule has 30 heavy (non-hydrogen) atoms. The highest BCUT2D eigenvalue weighted by atomic mass is 32.1. The van der Waals surface area contributed by atoms with Gasteiger partial charge in [-0.25, -0.2) is 9.50 Å². The number of hydrogen-bond donors (Lipinski definition) is 0. The number of imidazole rings is 1. The van der Waals surface area contributed by atoms with Crippen LogP contribution in [0.25, 0.3) is 16.2 Å². The van der Waals surface area contributed by atoms with Gasteiger partial charge in [0.05, 0.1) is 17.5 Å². The Morgan fingerprint density at radius 2 is 1.80 bits per heavy atom. The largest absolute Gasteiger partial charge is 0.416 e. The SMILES string of the molecule is FC(F)(F)c1ccc(C2CCN(c3nn4cc(-c5cccnc5)nc4s3)CC2)cc1. The van der Waals surface area contributed by atoms with E-state index < -0.39 is 11.7 Å². The van der Waals surface area contributed by atoms with Gasteiger partial charge < -0.3 is 4.90 Å². The summed E-state index contributed by atoms with van der Waals surface area (Å²) in [5, 5.41) is 5.59. The Kier molecular flexibility index (Phi) is 4.69. The van der Waals surface area contributed by atoms with Gasteiger partial charge in [0, 0.05) is 31.0 Å². The molecule has 154 valence electrons. The van der Waals surface area contributed by atoms with Gasteiger partial charge in [0.2, 0.25) is 10.1 Å². The van der Waals surface area contributed by atoms with Crippen molar-refractivity contribution >= 4 is 21.4 Å². The number of benzene rings is 1. The quantitative estimate of drug-likeness (QED) is 0.446. The van der Waals surface area contributed by atoms with E-state index in [1.807, 2.05) is 18.3 Å². The van der Waals surface area contributed by atoms with E-state index in [0.717, 1.165) is 52.8 Å². The normalized spacial score (nSPS) is 15.8. The number of nitrogens with zero attached hydrogens (tertiary/aromatic N) is 5. The molecule has 5 nitrogen and oxygen atoms in total. The van der Waals surface area contributed by atoms with Crippen LogP contribution in [0.15, 0.2) is 55.0 Å². The Morgan fingerprint density at radius 3 is 2.43 bits per heavy atom. The summed E-state index contributed by atoms with van der Waals surface area (Å²) < 4.78 is 40.1. The molecule has 1 aromatic carbocycles. The zero-order valence-electron chi connectivity index (χ0n) is 15.9. The number of hydrogen-bond acceptors (Lipinski definition) is 5. The number of anilines is 1. The topological polar surface area (TPSA) is 46.3 Å². The van der Waals surface area contributed by atoms with Crippen LogP contribution in [0.3, 0.4) is 0 Å². The first-order chi connectivity index (χ1) is 14.5. The zero-order valence-corrected chi connectivity index (χ0v) is 16.7. The second kappa shape index (κ2) is 7.39. The Morgan fingerprint density at radius 1 is 1.03 bits per heavy atom. The highest BCUT2D eigenvalue weighted by Gasteiger charge is 2.30. The lowest BCUT2D eigenvalue weighted by Gasteiger charge is -2.31. The lowest BCUT2D eigenvalue weighted by molar-refractivity contribution is -0.137. The molecule has 0 aliphatic carbocycles. The fourth-order valence-corrected chi connectivity index (χ4v) is 4.75. The summed E-state index contributed by atoms with van der Waals surface area (Å²) in [5.41, 5.74) is 2.17. The first kappa shape index (κ1) is 19.0. The van der Waals surface area contributed by atoms with Crippen molar-refractivity contribution in [1.29, 1.82) is 0 Å². The van der Waals surface area contributed by atoms with E-state index in [-0.39, 0.29) is 5.92 Å². The third-order valence-electron chi connectivity index (χ3n) is 5.46. The first-order valence-electron chi connectivity index (χ1n) is 9.66. The fourth-order valence-electron chi connectivity index (χ4n) is 3.82. The van der Waals surface area contributed by atoms with Crippen molar-refractivity contribution in [3.05, 3.63) is 66.1 Å². The molecule has 9 heteroatoms. The third-order valence-corrected chi connectivity index (χ3v) is 6.45. The third kappa shape index (κ3) is 3.65. The van der Waals surface area contributed by atoms with Crippen molar-refractivity contribution in [2.45, 2.75) is 24.9 Å². The molecule has 3 aromatic heterocycles. The van der Waals surface area contributed by atoms with Crippen LogP contribution in [0.2, 0.25) is 0 Å². The number of halogens is 3. The van der Waals surface area contributed by atoms with Crippen molar-refractivity contribution in [3.8, 4) is 11.3 Å². The molecule has 0 amide bonds. The summed E-state index contributed by atoms with van der Waals surface area (Å²) in [6.45, 7) is 1.63. The van der Waals surface area contributed by atoms with Crippen molar-refractivity contribution in [2.24, 2.45) is 0 Å². The first-order valence-corrected chi connectivity index (χ1v) is 10.5. The summed E-state index contributed by atoms with van der Waals surface area (Å²) in [7, 11) is 0. The Hall–Kier alpha value is -2.94. The van der Waals surface area contributed by atoms with Gasteiger partial charge in [-0.15, -0.1) is 5.10 Å². The molecule has 1 aliphatic rings. The minimum absolute atomic E-state index is 0.268. The van der Waals surface area contributed by atoms with Gasteiger partial charge in [-0.2, -0.15) is 13.2 Å². The van der Waals surface area contributed by atoms with Crippen molar-refractivity contribution in [2.75, 3.05) is 18.0 Å². The maximum Gasteiger partial charge on any atom is 0.416 e. The van der Waals surface area contributed by atoms with Crippen molar-refractivity contribution in [3.63, 3.8) is 0 Å². The number of pyridine rings is 1. The summed E-state index contributed by atoms with van der Waals surface area (Å²) >= 11 is 1.54. The number of fused-ring (bicyclic) bond motifs is 1. The Bertz CT molecular complexity index is 1110. The molecule has 4 aromatic rings. The Balaban J connectivity index is 1.26. The van der Waals surface area contributed by atoms with E-state index >= 15 is 0 Å². The minimum Gasteiger partial charge on any atom is -0.347 e. The second-order valence-electron chi connectivity index (χ2n) is 7.36. The summed E-state index contributed by atoms with van der Waals surface area (Å²) in [6.07, 6.45) is 2.89. The van der Waals surface area contributed by atoms with Crippen LogP contribution in [0.4, 0.5) is 18.3 Å². The number of alkyl halides is 3. The van der Waals surface area contributed by atoms with Crippen LogP contribution in [0.5, 0.6) is 0 Å². The van der Waals surface area contributed by atoms with Gasteiger partial charge in [-0.1, -0.05) is 23.5 Å². The summed E-state index contributed by atoms with van der Waals surface area (Å²) in [5.74, 6) is 0.268. The average Bonchev–Trinajstić information content (AvgIpc) is 3.34. The standard InChI is InChI=1S/C21H18F3N5S/c22-21(23,24)17-5-3-14(4-6-17)15-7-10-28(11-8-15)20-27-29-13-18(26-19(29)30-20)16-2-1-9-25-12-16/h1-6,9,12-13,15H,7-8,10-11H2. The van der Waals surface area contributed by atoms with Crippen molar-refractivity contribution in [1.82, 2.24) is 19.6 Å². The average molecular weight is 429 g/mol. The molecule has 0 spiro atoms. The van der Waals surface area contributed by atoms with E-state index in [4.69, 9.17) is 0 Å². The lowest BCUT2D eigenvalue weighted by atomic mass is 9.89. The van der Waals surface area contributed by atoms with Crippen LogP contribution < -0.4 is 4.90 Å². The predicted molar refractivity (Wildman–Crippen MR) is 110 cm³/mol. The smallest absolute Gasteiger partial charge is 0.347 e. The molecule has 0 bridgehead atoms. The van der Waals surface area contributed by atoms with Crippen LogP contribution >= 0.6 is 11.3 Å². The maximum absolute atomic E-state index is 12.8. The molecule has 5 rings (SSSR count). The Labute approximate surface area is 174 Å². The molecule has 1 fully saturated rings. The summed E-state index contributed by atoms with van der Waals surface area (Å²) in [4.78, 5) is 11.8. The van der Waals surface area contributed by atoms with Crippen LogP contribution in [-0.4, -0.2) is 32.7 Å². The van der Waals surface area contributed by atoms with Crippen molar-refractivity contribution < 1.29 is 13.2 Å². The molecule has 0 radical (unpaired) electrons.